The lowest BCUT2D eigenvalue weighted by Crippen LogP contribution is -2.57. The minimum atomic E-state index is -0.885. The van der Waals surface area contributed by atoms with E-state index in [1.807, 2.05) is 57.5 Å². The minimum absolute atomic E-state index is 0.0153. The number of aliphatic hydroxyl groups excluding tert-OH is 1. The molecule has 1 aliphatic rings. The summed E-state index contributed by atoms with van der Waals surface area (Å²) in [6.07, 6.45) is 0.650. The van der Waals surface area contributed by atoms with Crippen LogP contribution in [0.5, 0.6) is 0 Å². The van der Waals surface area contributed by atoms with Gasteiger partial charge in [-0.25, -0.2) is 4.98 Å². The number of hydrogen-bond acceptors (Lipinski definition) is 8. The van der Waals surface area contributed by atoms with Gasteiger partial charge in [0.05, 0.1) is 29.3 Å². The first-order valence-electron chi connectivity index (χ1n) is 13.5. The van der Waals surface area contributed by atoms with Gasteiger partial charge in [-0.3, -0.25) is 19.2 Å². The van der Waals surface area contributed by atoms with Crippen LogP contribution < -0.4 is 10.6 Å². The molecule has 3 N–H and O–H groups in total. The molecule has 218 valence electrons. The van der Waals surface area contributed by atoms with E-state index in [2.05, 4.69) is 20.4 Å². The van der Waals surface area contributed by atoms with Crippen molar-refractivity contribution in [2.75, 3.05) is 13.7 Å². The van der Waals surface area contributed by atoms with Crippen LogP contribution in [0.3, 0.4) is 0 Å². The van der Waals surface area contributed by atoms with Crippen molar-refractivity contribution in [2.45, 2.75) is 84.5 Å². The van der Waals surface area contributed by atoms with Crippen molar-refractivity contribution in [1.29, 1.82) is 0 Å². The number of rotatable bonds is 11. The number of esters is 1. The second-order valence-corrected chi connectivity index (χ2v) is 12.1. The summed E-state index contributed by atoms with van der Waals surface area (Å²) >= 11 is 1.58. The highest BCUT2D eigenvalue weighted by atomic mass is 32.1. The first-order chi connectivity index (χ1) is 18.9. The quantitative estimate of drug-likeness (QED) is 0.278. The number of aromatic nitrogens is 1. The number of nitrogens with one attached hydrogen (secondary N) is 2. The molecule has 3 amide bonds. The Hall–Kier alpha value is -3.31. The normalized spacial score (nSPS) is 17.8. The van der Waals surface area contributed by atoms with E-state index in [-0.39, 0.29) is 50.1 Å². The molecule has 2 heterocycles. The summed E-state index contributed by atoms with van der Waals surface area (Å²) in [4.78, 5) is 57.5. The third-order valence-corrected chi connectivity index (χ3v) is 7.95. The number of thiazole rings is 1. The molecule has 3 atom stereocenters. The second kappa shape index (κ2) is 13.8. The summed E-state index contributed by atoms with van der Waals surface area (Å²) in [7, 11) is 1.32. The van der Waals surface area contributed by atoms with Crippen LogP contribution >= 0.6 is 11.3 Å². The van der Waals surface area contributed by atoms with E-state index in [4.69, 9.17) is 0 Å². The number of amides is 3. The summed E-state index contributed by atoms with van der Waals surface area (Å²) in [5.74, 6) is -1.40. The molecular formula is C29H40N4O6S. The maximum absolute atomic E-state index is 13.7. The lowest BCUT2D eigenvalue weighted by atomic mass is 9.85. The van der Waals surface area contributed by atoms with Gasteiger partial charge in [0.2, 0.25) is 17.7 Å². The first kappa shape index (κ1) is 31.2. The van der Waals surface area contributed by atoms with E-state index in [1.54, 1.807) is 11.3 Å². The molecule has 1 saturated heterocycles. The zero-order valence-corrected chi connectivity index (χ0v) is 24.7. The number of carbonyl (C=O) groups is 4. The standard InChI is InChI=1S/C29H40N4O6S/c1-18-25(40-17-31-18)20-12-10-19(11-13-20)15-30-27(37)22-14-21(34)16-33(22)28(38)26(29(2,3)4)32-23(35)8-6-7-9-24(36)39-5/h10-13,17,21-22,26,34H,6-9,14-16H2,1-5H3,(H,30,37)(H,32,35). The molecule has 0 radical (unpaired) electrons. The average Bonchev–Trinajstić information content (AvgIpc) is 3.52. The molecule has 10 nitrogen and oxygen atoms in total. The molecule has 0 bridgehead atoms. The molecule has 1 aromatic heterocycles. The van der Waals surface area contributed by atoms with Crippen molar-refractivity contribution in [3.8, 4) is 10.4 Å². The van der Waals surface area contributed by atoms with E-state index in [0.29, 0.717) is 12.8 Å². The molecule has 1 aliphatic heterocycles. The van der Waals surface area contributed by atoms with Crippen LogP contribution in [0.1, 0.15) is 64.1 Å². The summed E-state index contributed by atoms with van der Waals surface area (Å²) < 4.78 is 4.61. The highest BCUT2D eigenvalue weighted by Gasteiger charge is 2.44. The van der Waals surface area contributed by atoms with Crippen molar-refractivity contribution in [3.63, 3.8) is 0 Å². The zero-order chi connectivity index (χ0) is 29.4. The number of aliphatic hydroxyl groups is 1. The molecule has 3 rings (SSSR count). The maximum Gasteiger partial charge on any atom is 0.305 e. The molecule has 3 unspecified atom stereocenters. The minimum Gasteiger partial charge on any atom is -0.469 e. The number of aryl methyl sites for hydroxylation is 1. The monoisotopic (exact) mass is 572 g/mol. The van der Waals surface area contributed by atoms with Crippen LogP contribution in [-0.4, -0.2) is 70.5 Å². The number of nitrogens with zero attached hydrogens (tertiary/aromatic N) is 2. The second-order valence-electron chi connectivity index (χ2n) is 11.2. The number of unbranched alkanes of at least 4 members (excludes halogenated alkanes) is 1. The van der Waals surface area contributed by atoms with Gasteiger partial charge >= 0.3 is 5.97 Å². The van der Waals surface area contributed by atoms with Gasteiger partial charge in [0.15, 0.2) is 0 Å². The Morgan fingerprint density at radius 1 is 1.15 bits per heavy atom. The molecule has 0 aliphatic carbocycles. The summed E-state index contributed by atoms with van der Waals surface area (Å²) in [6.45, 7) is 7.78. The molecule has 11 heteroatoms. The third kappa shape index (κ3) is 8.34. The molecule has 2 aromatic rings. The third-order valence-electron chi connectivity index (χ3n) is 6.97. The van der Waals surface area contributed by atoms with Crippen LogP contribution in [0.25, 0.3) is 10.4 Å². The summed E-state index contributed by atoms with van der Waals surface area (Å²) in [5, 5.41) is 16.1. The van der Waals surface area contributed by atoms with E-state index < -0.39 is 29.5 Å². The first-order valence-corrected chi connectivity index (χ1v) is 14.4. The SMILES string of the molecule is COC(=O)CCCCC(=O)NC(C(=O)N1CC(O)CC1C(=O)NCc1ccc(-c2scnc2C)cc1)C(C)(C)C. The Labute approximate surface area is 239 Å². The number of β-amino-alcohol motifs (C(OH)–C–C–N with tert-alkyl or cyclic N) is 1. The number of methoxy groups -OCH3 is 1. The van der Waals surface area contributed by atoms with Crippen LogP contribution in [0.2, 0.25) is 0 Å². The largest absolute Gasteiger partial charge is 0.469 e. The number of likely N-dealkylation sites (tertiary alicyclic amines) is 1. The average molecular weight is 573 g/mol. The fourth-order valence-electron chi connectivity index (χ4n) is 4.67. The van der Waals surface area contributed by atoms with Crippen molar-refractivity contribution >= 4 is 35.0 Å². The molecule has 40 heavy (non-hydrogen) atoms. The predicted molar refractivity (Wildman–Crippen MR) is 152 cm³/mol. The van der Waals surface area contributed by atoms with Gasteiger partial charge in [-0.05, 0) is 36.3 Å². The van der Waals surface area contributed by atoms with Gasteiger partial charge in [-0.15, -0.1) is 11.3 Å². The van der Waals surface area contributed by atoms with Gasteiger partial charge in [-0.2, -0.15) is 0 Å². The molecule has 1 fully saturated rings. The summed E-state index contributed by atoms with van der Waals surface area (Å²) in [6, 6.07) is 6.13. The molecule has 0 spiro atoms. The molecular weight excluding hydrogens is 532 g/mol. The maximum atomic E-state index is 13.7. The Morgan fingerprint density at radius 3 is 2.42 bits per heavy atom. The van der Waals surface area contributed by atoms with Crippen molar-refractivity contribution in [2.24, 2.45) is 5.41 Å². The summed E-state index contributed by atoms with van der Waals surface area (Å²) in [5.41, 5.74) is 4.11. The van der Waals surface area contributed by atoms with E-state index >= 15 is 0 Å². The fourth-order valence-corrected chi connectivity index (χ4v) is 5.48. The smallest absolute Gasteiger partial charge is 0.305 e. The van der Waals surface area contributed by atoms with Gasteiger partial charge in [0, 0.05) is 32.4 Å². The zero-order valence-electron chi connectivity index (χ0n) is 23.9. The highest BCUT2D eigenvalue weighted by Crippen LogP contribution is 2.28. The Balaban J connectivity index is 1.61. The van der Waals surface area contributed by atoms with Gasteiger partial charge in [0.25, 0.3) is 0 Å². The topological polar surface area (TPSA) is 138 Å². The lowest BCUT2D eigenvalue weighted by molar-refractivity contribution is -0.144. The number of carbonyl (C=O) groups excluding carboxylic acids is 4. The van der Waals surface area contributed by atoms with Gasteiger partial charge < -0.3 is 25.4 Å². The van der Waals surface area contributed by atoms with E-state index in [9.17, 15) is 24.3 Å². The Kier molecular flexibility index (Phi) is 10.8. The molecule has 0 saturated carbocycles. The predicted octanol–water partition coefficient (Wildman–Crippen LogP) is 2.96. The van der Waals surface area contributed by atoms with Crippen molar-refractivity contribution < 1.29 is 29.0 Å². The Bertz CT molecular complexity index is 1190. The van der Waals surface area contributed by atoms with Gasteiger partial charge in [-0.1, -0.05) is 45.0 Å². The van der Waals surface area contributed by atoms with Crippen LogP contribution in [0.15, 0.2) is 29.8 Å². The van der Waals surface area contributed by atoms with Gasteiger partial charge in [0.1, 0.15) is 12.1 Å². The van der Waals surface area contributed by atoms with E-state index in [1.165, 1.54) is 12.0 Å². The molecule has 1 aromatic carbocycles. The number of hydrogen-bond donors (Lipinski definition) is 3. The fraction of sp³-hybridized carbons (Fsp3) is 0.552. The highest BCUT2D eigenvalue weighted by molar-refractivity contribution is 7.13. The lowest BCUT2D eigenvalue weighted by Gasteiger charge is -2.35. The number of benzene rings is 1. The Morgan fingerprint density at radius 2 is 1.82 bits per heavy atom. The van der Waals surface area contributed by atoms with Crippen LogP contribution in [0, 0.1) is 12.3 Å². The van der Waals surface area contributed by atoms with Crippen LogP contribution in [0.4, 0.5) is 0 Å². The van der Waals surface area contributed by atoms with Crippen molar-refractivity contribution in [1.82, 2.24) is 20.5 Å². The van der Waals surface area contributed by atoms with Crippen molar-refractivity contribution in [3.05, 3.63) is 41.0 Å². The van der Waals surface area contributed by atoms with E-state index in [0.717, 1.165) is 21.7 Å². The number of ether oxygens (including phenoxy) is 1. The van der Waals surface area contributed by atoms with Crippen LogP contribution in [-0.2, 0) is 30.5 Å².